The third kappa shape index (κ3) is 10.3. The Hall–Kier alpha value is -5.31. The molecule has 55 heavy (non-hydrogen) atoms. The van der Waals surface area contributed by atoms with E-state index in [0.29, 0.717) is 16.0 Å². The van der Waals surface area contributed by atoms with Gasteiger partial charge in [0.05, 0.1) is 12.3 Å². The first-order valence-electron chi connectivity index (χ1n) is 17.7. The van der Waals surface area contributed by atoms with Crippen molar-refractivity contribution in [1.82, 2.24) is 15.2 Å². The minimum Gasteiger partial charge on any atom is -0.473 e. The predicted octanol–water partition coefficient (Wildman–Crippen LogP) is 9.96. The molecule has 0 fully saturated rings. The first-order valence-corrected chi connectivity index (χ1v) is 17.7. The van der Waals surface area contributed by atoms with Crippen molar-refractivity contribution in [2.45, 2.75) is 110 Å². The second-order valence-electron chi connectivity index (χ2n) is 15.1. The highest BCUT2D eigenvalue weighted by atomic mass is 19.4. The van der Waals surface area contributed by atoms with Crippen molar-refractivity contribution >= 4 is 17.9 Å². The molecule has 5 rings (SSSR count). The standard InChI is InChI=1S/C40H44F4N4O7/c1-25-22-30(48(35(49)54-37(2,3)4)36(50)55-38(5,6)7)31-33-46-47-34(53-33)39(40(42,43)44,51-24-27-14-10-8-11-15-27)21-13-9-12-16-29(52-32(25)45-31)23-26-17-19-28(41)20-18-26/h8-12,14-15,17-20,22,29H,13,16,21,23-24H2,1-7H3/t29?,39-/m1/s1. The number of aryl methyl sites for hydroxylation is 1. The van der Waals surface area contributed by atoms with Gasteiger partial charge in [-0.3, -0.25) is 0 Å². The van der Waals surface area contributed by atoms with E-state index in [-0.39, 0.29) is 36.5 Å². The van der Waals surface area contributed by atoms with E-state index in [2.05, 4.69) is 15.2 Å². The third-order valence-electron chi connectivity index (χ3n) is 8.18. The molecule has 2 aromatic heterocycles. The molecule has 2 atom stereocenters. The number of imide groups is 1. The van der Waals surface area contributed by atoms with E-state index in [9.17, 15) is 14.0 Å². The number of rotatable bonds is 6. The highest BCUT2D eigenvalue weighted by molar-refractivity contribution is 6.11. The molecule has 0 saturated heterocycles. The summed E-state index contributed by atoms with van der Waals surface area (Å²) in [6.07, 6.45) is -5.03. The second kappa shape index (κ2) is 16.2. The molecule has 294 valence electrons. The molecular weight excluding hydrogens is 724 g/mol. The van der Waals surface area contributed by atoms with Crippen LogP contribution in [-0.2, 0) is 32.8 Å². The summed E-state index contributed by atoms with van der Waals surface area (Å²) in [5.41, 5.74) is -4.39. The first-order chi connectivity index (χ1) is 25.7. The van der Waals surface area contributed by atoms with Crippen molar-refractivity contribution in [1.29, 1.82) is 0 Å². The van der Waals surface area contributed by atoms with Crippen molar-refractivity contribution in [2.75, 3.05) is 4.90 Å². The van der Waals surface area contributed by atoms with Crippen molar-refractivity contribution in [3.63, 3.8) is 0 Å². The number of ether oxygens (including phenoxy) is 4. The molecule has 15 heteroatoms. The maximum Gasteiger partial charge on any atom is 0.426 e. The molecule has 2 amide bonds. The van der Waals surface area contributed by atoms with Crippen molar-refractivity contribution < 1.29 is 50.5 Å². The van der Waals surface area contributed by atoms with Gasteiger partial charge in [0.25, 0.3) is 11.8 Å². The van der Waals surface area contributed by atoms with Gasteiger partial charge < -0.3 is 23.4 Å². The number of halogens is 4. The van der Waals surface area contributed by atoms with E-state index >= 15 is 13.2 Å². The van der Waals surface area contributed by atoms with E-state index in [0.717, 1.165) is 5.56 Å². The zero-order chi connectivity index (χ0) is 40.2. The Morgan fingerprint density at radius 2 is 1.53 bits per heavy atom. The van der Waals surface area contributed by atoms with E-state index < -0.39 is 71.9 Å². The average molecular weight is 769 g/mol. The normalized spacial score (nSPS) is 17.8. The number of amides is 2. The number of benzene rings is 2. The summed E-state index contributed by atoms with van der Waals surface area (Å²) < 4.78 is 89.2. The van der Waals surface area contributed by atoms with Crippen molar-refractivity contribution in [3.8, 4) is 17.5 Å². The molecule has 3 heterocycles. The van der Waals surface area contributed by atoms with E-state index in [4.69, 9.17) is 23.4 Å². The number of hydrogen-bond donors (Lipinski definition) is 0. The number of anilines is 1. The van der Waals surface area contributed by atoms with Gasteiger partial charge in [-0.2, -0.15) is 18.1 Å². The summed E-state index contributed by atoms with van der Waals surface area (Å²) in [6.45, 7) is 10.7. The van der Waals surface area contributed by atoms with Gasteiger partial charge in [-0.15, -0.1) is 10.2 Å². The molecule has 1 unspecified atom stereocenters. The van der Waals surface area contributed by atoms with Gasteiger partial charge in [0.15, 0.2) is 5.69 Å². The monoisotopic (exact) mass is 768 g/mol. The van der Waals surface area contributed by atoms with Crippen LogP contribution in [0, 0.1) is 12.7 Å². The zero-order valence-electron chi connectivity index (χ0n) is 31.7. The molecule has 0 radical (unpaired) electrons. The van der Waals surface area contributed by atoms with Crippen LogP contribution >= 0.6 is 0 Å². The summed E-state index contributed by atoms with van der Waals surface area (Å²) in [4.78, 5) is 32.8. The lowest BCUT2D eigenvalue weighted by molar-refractivity contribution is -0.299. The van der Waals surface area contributed by atoms with Gasteiger partial charge in [-0.25, -0.2) is 19.0 Å². The Labute approximate surface area is 316 Å². The Balaban J connectivity index is 1.72. The molecule has 11 nitrogen and oxygen atoms in total. The summed E-state index contributed by atoms with van der Waals surface area (Å²) >= 11 is 0. The van der Waals surface area contributed by atoms with Crippen LogP contribution < -0.4 is 9.64 Å². The molecule has 1 aliphatic rings. The first kappa shape index (κ1) is 40.9. The summed E-state index contributed by atoms with van der Waals surface area (Å²) in [7, 11) is 0. The molecular formula is C40H44F4N4O7. The highest BCUT2D eigenvalue weighted by Gasteiger charge is 2.61. The van der Waals surface area contributed by atoms with Gasteiger partial charge >= 0.3 is 18.4 Å². The Morgan fingerprint density at radius 3 is 2.13 bits per heavy atom. The quantitative estimate of drug-likeness (QED) is 0.138. The highest BCUT2D eigenvalue weighted by Crippen LogP contribution is 2.47. The van der Waals surface area contributed by atoms with Crippen LogP contribution in [0.2, 0.25) is 0 Å². The van der Waals surface area contributed by atoms with Crippen molar-refractivity contribution in [2.24, 2.45) is 0 Å². The zero-order valence-corrected chi connectivity index (χ0v) is 31.7. The summed E-state index contributed by atoms with van der Waals surface area (Å²) in [6, 6.07) is 15.5. The van der Waals surface area contributed by atoms with E-state index in [1.165, 1.54) is 18.2 Å². The SMILES string of the molecule is Cc1cc(N(C(=O)OC(C)(C)C)C(=O)OC(C)(C)C)c2nc1OC(Cc1ccc(F)cc1)CC=CCC[C@](OCc1ccccc1)(C(F)(F)F)c1nnc-2o1. The average Bonchev–Trinajstić information content (AvgIpc) is 3.56. The Kier molecular flexibility index (Phi) is 12.0. The molecule has 1 aliphatic heterocycles. The largest absolute Gasteiger partial charge is 0.473 e. The van der Waals surface area contributed by atoms with Gasteiger partial charge in [0.2, 0.25) is 11.5 Å². The smallest absolute Gasteiger partial charge is 0.426 e. The van der Waals surface area contributed by atoms with Crippen LogP contribution in [-0.4, -0.2) is 50.9 Å². The van der Waals surface area contributed by atoms with Gasteiger partial charge in [-0.1, -0.05) is 54.6 Å². The van der Waals surface area contributed by atoms with Crippen molar-refractivity contribution in [3.05, 3.63) is 101 Å². The summed E-state index contributed by atoms with van der Waals surface area (Å²) in [5, 5.41) is 7.84. The molecule has 4 bridgehead atoms. The Bertz CT molecular complexity index is 1960. The van der Waals surface area contributed by atoms with Crippen LogP contribution in [0.5, 0.6) is 5.88 Å². The van der Waals surface area contributed by atoms with E-state index in [1.54, 1.807) is 103 Å². The van der Waals surface area contributed by atoms with Gasteiger partial charge in [0.1, 0.15) is 23.1 Å². The van der Waals surface area contributed by atoms with Crippen LogP contribution in [0.25, 0.3) is 11.6 Å². The second-order valence-corrected chi connectivity index (χ2v) is 15.1. The molecule has 2 aromatic carbocycles. The number of allylic oxidation sites excluding steroid dienone is 1. The maximum atomic E-state index is 15.4. The number of carbonyl (C=O) groups excluding carboxylic acids is 2. The lowest BCUT2D eigenvalue weighted by atomic mass is 9.95. The van der Waals surface area contributed by atoms with E-state index in [1.807, 2.05) is 0 Å². The third-order valence-corrected chi connectivity index (χ3v) is 8.18. The molecule has 0 aliphatic carbocycles. The van der Waals surface area contributed by atoms with Gasteiger partial charge in [0, 0.05) is 18.4 Å². The van der Waals surface area contributed by atoms with Crippen LogP contribution in [0.1, 0.15) is 83.4 Å². The topological polar surface area (TPSA) is 126 Å². The number of aromatic nitrogens is 3. The number of fused-ring (bicyclic) bond motifs is 5. The fourth-order valence-corrected chi connectivity index (χ4v) is 5.63. The lowest BCUT2D eigenvalue weighted by Crippen LogP contribution is -2.45. The minimum atomic E-state index is -5.06. The van der Waals surface area contributed by atoms with Crippen LogP contribution in [0.3, 0.4) is 0 Å². The number of pyridine rings is 1. The number of carbonyl (C=O) groups is 2. The Morgan fingerprint density at radius 1 is 0.891 bits per heavy atom. The molecule has 0 saturated carbocycles. The lowest BCUT2D eigenvalue weighted by Gasteiger charge is -2.32. The minimum absolute atomic E-state index is 0.00758. The van der Waals surface area contributed by atoms with Crippen LogP contribution in [0.15, 0.2) is 77.2 Å². The summed E-state index contributed by atoms with van der Waals surface area (Å²) in [5.74, 6) is -1.92. The number of hydrogen-bond acceptors (Lipinski definition) is 10. The van der Waals surface area contributed by atoms with Crippen LogP contribution in [0.4, 0.5) is 32.8 Å². The molecule has 4 aromatic rings. The fraction of sp³-hybridized carbons (Fsp3) is 0.425. The maximum absolute atomic E-state index is 15.4. The fourth-order valence-electron chi connectivity index (χ4n) is 5.63. The predicted molar refractivity (Wildman–Crippen MR) is 194 cm³/mol. The molecule has 0 N–H and O–H groups in total. The van der Waals surface area contributed by atoms with Gasteiger partial charge in [-0.05, 0) is 90.6 Å². The number of alkyl halides is 3. The number of nitrogens with zero attached hydrogens (tertiary/aromatic N) is 4. The molecule has 0 spiro atoms.